The monoisotopic (exact) mass is 168 g/mol. The summed E-state index contributed by atoms with van der Waals surface area (Å²) in [7, 11) is 0. The average Bonchev–Trinajstić information content (AvgIpc) is 2.17. The van der Waals surface area contributed by atoms with Crippen LogP contribution >= 0.6 is 0 Å². The molecule has 1 atom stereocenters. The summed E-state index contributed by atoms with van der Waals surface area (Å²) in [6.07, 6.45) is 5.73. The van der Waals surface area contributed by atoms with E-state index in [1.165, 1.54) is 0 Å². The predicted octanol–water partition coefficient (Wildman–Crippen LogP) is 0.956. The highest BCUT2D eigenvalue weighted by molar-refractivity contribution is 5.22. The Balaban J connectivity index is 2.11. The van der Waals surface area contributed by atoms with Crippen molar-refractivity contribution in [2.45, 2.75) is 18.9 Å². The largest absolute Gasteiger partial charge is 0.490 e. The summed E-state index contributed by atoms with van der Waals surface area (Å²) >= 11 is 0. The second-order valence-corrected chi connectivity index (χ2v) is 2.96. The fourth-order valence-corrected chi connectivity index (χ4v) is 1.37. The van der Waals surface area contributed by atoms with Gasteiger partial charge in [0.1, 0.15) is 12.4 Å². The third-order valence-corrected chi connectivity index (χ3v) is 2.02. The molecule has 0 unspecified atom stereocenters. The van der Waals surface area contributed by atoms with E-state index in [1.807, 2.05) is 6.08 Å². The third-order valence-electron chi connectivity index (χ3n) is 2.02. The van der Waals surface area contributed by atoms with E-state index in [0.29, 0.717) is 6.61 Å². The van der Waals surface area contributed by atoms with E-state index in [4.69, 9.17) is 14.6 Å². The molecule has 0 radical (unpaired) electrons. The molecule has 0 aromatic heterocycles. The van der Waals surface area contributed by atoms with E-state index in [9.17, 15) is 0 Å². The predicted molar refractivity (Wildman–Crippen MR) is 43.3 cm³/mol. The smallest absolute Gasteiger partial charge is 0.157 e. The van der Waals surface area contributed by atoms with Gasteiger partial charge < -0.3 is 14.6 Å². The Bertz CT molecular complexity index is 230. The number of aliphatic hydroxyl groups is 1. The van der Waals surface area contributed by atoms with Crippen molar-refractivity contribution in [1.29, 1.82) is 0 Å². The highest BCUT2D eigenvalue weighted by atomic mass is 16.6. The number of aliphatic hydroxyl groups excluding tert-OH is 1. The molecule has 0 amide bonds. The van der Waals surface area contributed by atoms with Crippen molar-refractivity contribution in [3.63, 3.8) is 0 Å². The third kappa shape index (κ3) is 1.32. The van der Waals surface area contributed by atoms with Gasteiger partial charge in [-0.2, -0.15) is 0 Å². The number of hydrogen-bond donors (Lipinski definition) is 1. The van der Waals surface area contributed by atoms with Crippen molar-refractivity contribution in [3.8, 4) is 0 Å². The first-order valence-electron chi connectivity index (χ1n) is 4.20. The summed E-state index contributed by atoms with van der Waals surface area (Å²) in [5.41, 5.74) is 0. The van der Waals surface area contributed by atoms with Gasteiger partial charge in [0, 0.05) is 6.42 Å². The summed E-state index contributed by atoms with van der Waals surface area (Å²) in [5, 5.41) is 8.83. The Morgan fingerprint density at radius 2 is 2.50 bits per heavy atom. The number of allylic oxidation sites excluding steroid dienone is 3. The molecular weight excluding hydrogens is 156 g/mol. The maximum Gasteiger partial charge on any atom is 0.157 e. The van der Waals surface area contributed by atoms with Gasteiger partial charge in [-0.15, -0.1) is 0 Å². The Labute approximate surface area is 71.3 Å². The molecule has 0 bridgehead atoms. The van der Waals surface area contributed by atoms with E-state index in [1.54, 1.807) is 0 Å². The molecule has 1 aliphatic heterocycles. The summed E-state index contributed by atoms with van der Waals surface area (Å²) in [6.45, 7) is 0.494. The van der Waals surface area contributed by atoms with Crippen molar-refractivity contribution < 1.29 is 14.6 Å². The van der Waals surface area contributed by atoms with E-state index < -0.39 is 0 Å². The van der Waals surface area contributed by atoms with Crippen molar-refractivity contribution in [1.82, 2.24) is 0 Å². The molecule has 0 aromatic rings. The van der Waals surface area contributed by atoms with Crippen molar-refractivity contribution in [2.24, 2.45) is 0 Å². The van der Waals surface area contributed by atoms with E-state index >= 15 is 0 Å². The zero-order valence-electron chi connectivity index (χ0n) is 6.82. The first-order chi connectivity index (χ1) is 5.90. The van der Waals surface area contributed by atoms with Gasteiger partial charge in [-0.1, -0.05) is 6.08 Å². The van der Waals surface area contributed by atoms with Gasteiger partial charge in [-0.3, -0.25) is 0 Å². The van der Waals surface area contributed by atoms with Crippen LogP contribution in [-0.4, -0.2) is 24.4 Å². The maximum atomic E-state index is 8.83. The van der Waals surface area contributed by atoms with Crippen molar-refractivity contribution in [3.05, 3.63) is 23.7 Å². The summed E-state index contributed by atoms with van der Waals surface area (Å²) in [6, 6.07) is 0. The minimum Gasteiger partial charge on any atom is -0.490 e. The SMILES string of the molecule is OC[C@H]1COC2=C(C=CCC2)O1. The first-order valence-corrected chi connectivity index (χ1v) is 4.20. The van der Waals surface area contributed by atoms with Gasteiger partial charge in [-0.05, 0) is 12.5 Å². The number of ether oxygens (including phenoxy) is 2. The molecule has 0 saturated heterocycles. The van der Waals surface area contributed by atoms with Crippen LogP contribution in [0.1, 0.15) is 12.8 Å². The molecule has 3 nitrogen and oxygen atoms in total. The molecule has 1 N–H and O–H groups in total. The van der Waals surface area contributed by atoms with E-state index in [-0.39, 0.29) is 12.7 Å². The topological polar surface area (TPSA) is 38.7 Å². The first kappa shape index (κ1) is 7.68. The van der Waals surface area contributed by atoms with E-state index in [2.05, 4.69) is 6.08 Å². The molecule has 0 spiro atoms. The van der Waals surface area contributed by atoms with Crippen LogP contribution in [-0.2, 0) is 9.47 Å². The molecule has 2 rings (SSSR count). The minimum absolute atomic E-state index is 0.0185. The number of rotatable bonds is 1. The van der Waals surface area contributed by atoms with Crippen LogP contribution < -0.4 is 0 Å². The van der Waals surface area contributed by atoms with Crippen molar-refractivity contribution in [2.75, 3.05) is 13.2 Å². The van der Waals surface area contributed by atoms with Crippen LogP contribution in [0.3, 0.4) is 0 Å². The highest BCUT2D eigenvalue weighted by Gasteiger charge is 2.22. The zero-order chi connectivity index (χ0) is 8.39. The van der Waals surface area contributed by atoms with Crippen LogP contribution in [0.25, 0.3) is 0 Å². The van der Waals surface area contributed by atoms with Crippen LogP contribution in [0, 0.1) is 0 Å². The van der Waals surface area contributed by atoms with Crippen LogP contribution in [0.15, 0.2) is 23.7 Å². The molecule has 66 valence electrons. The quantitative estimate of drug-likeness (QED) is 0.633. The number of hydrogen-bond acceptors (Lipinski definition) is 3. The van der Waals surface area contributed by atoms with Crippen molar-refractivity contribution >= 4 is 0 Å². The van der Waals surface area contributed by atoms with Gasteiger partial charge in [0.2, 0.25) is 0 Å². The summed E-state index contributed by atoms with van der Waals surface area (Å²) in [4.78, 5) is 0. The lowest BCUT2D eigenvalue weighted by Crippen LogP contribution is -2.28. The normalized spacial score (nSPS) is 27.6. The molecule has 0 aromatic carbocycles. The van der Waals surface area contributed by atoms with Gasteiger partial charge in [-0.25, -0.2) is 0 Å². The Morgan fingerprint density at radius 1 is 1.58 bits per heavy atom. The second-order valence-electron chi connectivity index (χ2n) is 2.96. The molecule has 0 saturated carbocycles. The Morgan fingerprint density at radius 3 is 3.33 bits per heavy atom. The standard InChI is InChI=1S/C9H12O3/c10-5-7-6-11-8-3-1-2-4-9(8)12-7/h2,4,7,10H,1,3,5-6H2/t7-/m0/s1. The van der Waals surface area contributed by atoms with Crippen LogP contribution in [0.2, 0.25) is 0 Å². The molecule has 1 heterocycles. The lowest BCUT2D eigenvalue weighted by Gasteiger charge is -2.27. The zero-order valence-corrected chi connectivity index (χ0v) is 6.82. The maximum absolute atomic E-state index is 8.83. The Hall–Kier alpha value is -0.960. The van der Waals surface area contributed by atoms with Crippen LogP contribution in [0.4, 0.5) is 0 Å². The molecular formula is C9H12O3. The minimum atomic E-state index is -0.188. The lowest BCUT2D eigenvalue weighted by molar-refractivity contribution is -0.0290. The molecule has 0 fully saturated rings. The fraction of sp³-hybridized carbons (Fsp3) is 0.556. The van der Waals surface area contributed by atoms with E-state index in [0.717, 1.165) is 24.4 Å². The summed E-state index contributed by atoms with van der Waals surface area (Å²) < 4.78 is 10.9. The van der Waals surface area contributed by atoms with Gasteiger partial charge in [0.25, 0.3) is 0 Å². The van der Waals surface area contributed by atoms with Gasteiger partial charge in [0.15, 0.2) is 11.9 Å². The fourth-order valence-electron chi connectivity index (χ4n) is 1.37. The Kier molecular flexibility index (Phi) is 2.04. The lowest BCUT2D eigenvalue weighted by atomic mass is 10.1. The van der Waals surface area contributed by atoms with Gasteiger partial charge >= 0.3 is 0 Å². The molecule has 3 heteroatoms. The average molecular weight is 168 g/mol. The summed E-state index contributed by atoms with van der Waals surface area (Å²) in [5.74, 6) is 1.73. The molecule has 1 aliphatic carbocycles. The van der Waals surface area contributed by atoms with Crippen LogP contribution in [0.5, 0.6) is 0 Å². The highest BCUT2D eigenvalue weighted by Crippen LogP contribution is 2.25. The van der Waals surface area contributed by atoms with Gasteiger partial charge in [0.05, 0.1) is 6.61 Å². The molecule has 2 aliphatic rings. The second kappa shape index (κ2) is 3.19. The molecule has 12 heavy (non-hydrogen) atoms.